The molecule has 0 N–H and O–H groups in total. The topological polar surface area (TPSA) is 33.2 Å². The third kappa shape index (κ3) is 3.10. The summed E-state index contributed by atoms with van der Waals surface area (Å²) in [5, 5.41) is 2.92. The van der Waals surface area contributed by atoms with Crippen molar-refractivity contribution >= 4 is 22.3 Å². The van der Waals surface area contributed by atoms with Gasteiger partial charge in [-0.15, -0.1) is 11.3 Å². The van der Waals surface area contributed by atoms with E-state index in [0.29, 0.717) is 17.7 Å². The number of aromatic nitrogens is 1. The molecule has 1 aromatic heterocycles. The van der Waals surface area contributed by atoms with Gasteiger partial charge in [-0.25, -0.2) is 4.98 Å². The Balaban J connectivity index is 2.18. The second kappa shape index (κ2) is 5.83. The van der Waals surface area contributed by atoms with Crippen LogP contribution >= 0.6 is 11.3 Å². The van der Waals surface area contributed by atoms with E-state index in [1.54, 1.807) is 18.3 Å². The Bertz CT molecular complexity index is 408. The standard InChI is InChI=1S/C14H22N2OS/c1-10(2)8-16(12-6-4-5-7-12)14-15-13(9-18-14)11(3)17/h9-10,12H,4-8H2,1-3H3. The summed E-state index contributed by atoms with van der Waals surface area (Å²) in [5.41, 5.74) is 0.613. The number of rotatable bonds is 5. The summed E-state index contributed by atoms with van der Waals surface area (Å²) >= 11 is 1.61. The Morgan fingerprint density at radius 3 is 2.67 bits per heavy atom. The summed E-state index contributed by atoms with van der Waals surface area (Å²) in [6.07, 6.45) is 5.18. The second-order valence-electron chi connectivity index (χ2n) is 5.56. The van der Waals surface area contributed by atoms with Crippen LogP contribution in [0.1, 0.15) is 56.9 Å². The minimum absolute atomic E-state index is 0.0634. The van der Waals surface area contributed by atoms with Crippen LogP contribution in [-0.4, -0.2) is 23.4 Å². The zero-order valence-electron chi connectivity index (χ0n) is 11.5. The van der Waals surface area contributed by atoms with Crippen LogP contribution in [0.4, 0.5) is 5.13 Å². The van der Waals surface area contributed by atoms with Gasteiger partial charge in [0, 0.05) is 24.9 Å². The Hall–Kier alpha value is -0.900. The van der Waals surface area contributed by atoms with Gasteiger partial charge in [-0.1, -0.05) is 26.7 Å². The maximum absolute atomic E-state index is 11.4. The van der Waals surface area contributed by atoms with Crippen LogP contribution < -0.4 is 4.90 Å². The number of carbonyl (C=O) groups is 1. The van der Waals surface area contributed by atoms with Crippen molar-refractivity contribution in [1.29, 1.82) is 0 Å². The monoisotopic (exact) mass is 266 g/mol. The highest BCUT2D eigenvalue weighted by molar-refractivity contribution is 7.13. The van der Waals surface area contributed by atoms with E-state index in [2.05, 4.69) is 23.7 Å². The predicted molar refractivity (Wildman–Crippen MR) is 76.6 cm³/mol. The van der Waals surface area contributed by atoms with Gasteiger partial charge in [-0.05, 0) is 18.8 Å². The molecule has 0 bridgehead atoms. The van der Waals surface area contributed by atoms with Crippen LogP contribution in [0.15, 0.2) is 5.38 Å². The third-order valence-corrected chi connectivity index (χ3v) is 4.30. The molecule has 1 fully saturated rings. The summed E-state index contributed by atoms with van der Waals surface area (Å²) in [7, 11) is 0. The minimum atomic E-state index is 0.0634. The third-order valence-electron chi connectivity index (χ3n) is 3.43. The van der Waals surface area contributed by atoms with Crippen molar-refractivity contribution in [2.75, 3.05) is 11.4 Å². The Morgan fingerprint density at radius 2 is 2.17 bits per heavy atom. The zero-order chi connectivity index (χ0) is 13.1. The predicted octanol–water partition coefficient (Wildman–Crippen LogP) is 3.75. The molecule has 4 heteroatoms. The Morgan fingerprint density at radius 1 is 1.50 bits per heavy atom. The highest BCUT2D eigenvalue weighted by atomic mass is 32.1. The van der Waals surface area contributed by atoms with Crippen molar-refractivity contribution in [2.24, 2.45) is 5.92 Å². The molecule has 1 saturated carbocycles. The smallest absolute Gasteiger partial charge is 0.186 e. The summed E-state index contributed by atoms with van der Waals surface area (Å²) < 4.78 is 0. The number of carbonyl (C=O) groups excluding carboxylic acids is 1. The molecule has 1 heterocycles. The molecule has 1 aliphatic rings. The van der Waals surface area contributed by atoms with Crippen molar-refractivity contribution in [1.82, 2.24) is 4.98 Å². The average Bonchev–Trinajstić information content (AvgIpc) is 2.97. The number of hydrogen-bond acceptors (Lipinski definition) is 4. The highest BCUT2D eigenvalue weighted by Crippen LogP contribution is 2.31. The van der Waals surface area contributed by atoms with E-state index in [0.717, 1.165) is 11.7 Å². The van der Waals surface area contributed by atoms with Gasteiger partial charge in [0.15, 0.2) is 10.9 Å². The number of Topliss-reactive ketones (excluding diaryl/α,β-unsaturated/α-hetero) is 1. The number of hydrogen-bond donors (Lipinski definition) is 0. The van der Waals surface area contributed by atoms with E-state index in [4.69, 9.17) is 0 Å². The molecule has 0 spiro atoms. The van der Waals surface area contributed by atoms with E-state index in [1.165, 1.54) is 25.7 Å². The number of thiazole rings is 1. The Kier molecular flexibility index (Phi) is 4.38. The lowest BCUT2D eigenvalue weighted by Crippen LogP contribution is -2.36. The van der Waals surface area contributed by atoms with E-state index in [-0.39, 0.29) is 5.78 Å². The summed E-state index contributed by atoms with van der Waals surface area (Å²) in [5.74, 6) is 0.684. The first-order valence-corrected chi connectivity index (χ1v) is 7.69. The highest BCUT2D eigenvalue weighted by Gasteiger charge is 2.25. The van der Waals surface area contributed by atoms with E-state index in [9.17, 15) is 4.79 Å². The minimum Gasteiger partial charge on any atom is -0.345 e. The normalized spacial score (nSPS) is 16.4. The fourth-order valence-corrected chi connectivity index (χ4v) is 3.50. The maximum Gasteiger partial charge on any atom is 0.186 e. The van der Waals surface area contributed by atoms with Gasteiger partial charge in [-0.2, -0.15) is 0 Å². The lowest BCUT2D eigenvalue weighted by Gasteiger charge is -2.30. The molecular weight excluding hydrogens is 244 g/mol. The molecule has 3 nitrogen and oxygen atoms in total. The molecule has 0 atom stereocenters. The van der Waals surface area contributed by atoms with Crippen molar-refractivity contribution in [2.45, 2.75) is 52.5 Å². The second-order valence-corrected chi connectivity index (χ2v) is 6.39. The molecule has 100 valence electrons. The fraction of sp³-hybridized carbons (Fsp3) is 0.714. The molecule has 1 aromatic rings. The van der Waals surface area contributed by atoms with Crippen LogP contribution in [0.3, 0.4) is 0 Å². The largest absolute Gasteiger partial charge is 0.345 e. The maximum atomic E-state index is 11.4. The van der Waals surface area contributed by atoms with Crippen molar-refractivity contribution in [3.8, 4) is 0 Å². The van der Waals surface area contributed by atoms with Crippen molar-refractivity contribution < 1.29 is 4.79 Å². The van der Waals surface area contributed by atoms with Crippen molar-refractivity contribution in [3.05, 3.63) is 11.1 Å². The van der Waals surface area contributed by atoms with Crippen LogP contribution in [0, 0.1) is 5.92 Å². The van der Waals surface area contributed by atoms with Gasteiger partial charge < -0.3 is 4.90 Å². The fourth-order valence-electron chi connectivity index (χ4n) is 2.55. The van der Waals surface area contributed by atoms with Gasteiger partial charge in [0.1, 0.15) is 5.69 Å². The SMILES string of the molecule is CC(=O)c1csc(N(CC(C)C)C2CCCC2)n1. The van der Waals surface area contributed by atoms with E-state index < -0.39 is 0 Å². The van der Waals surface area contributed by atoms with Crippen LogP contribution in [0.5, 0.6) is 0 Å². The van der Waals surface area contributed by atoms with Gasteiger partial charge in [0.2, 0.25) is 0 Å². The van der Waals surface area contributed by atoms with Crippen molar-refractivity contribution in [3.63, 3.8) is 0 Å². The average molecular weight is 266 g/mol. The molecule has 0 aliphatic heterocycles. The molecular formula is C14H22N2OS. The lowest BCUT2D eigenvalue weighted by molar-refractivity contribution is 0.101. The number of ketones is 1. The number of nitrogens with zero attached hydrogens (tertiary/aromatic N) is 2. The van der Waals surface area contributed by atoms with Gasteiger partial charge >= 0.3 is 0 Å². The van der Waals surface area contributed by atoms with E-state index >= 15 is 0 Å². The summed E-state index contributed by atoms with van der Waals surface area (Å²) in [6.45, 7) is 7.10. The molecule has 0 aromatic carbocycles. The molecule has 2 rings (SSSR count). The molecule has 0 radical (unpaired) electrons. The molecule has 1 aliphatic carbocycles. The van der Waals surface area contributed by atoms with E-state index in [1.807, 2.05) is 5.38 Å². The first-order chi connectivity index (χ1) is 8.58. The van der Waals surface area contributed by atoms with Gasteiger partial charge in [-0.3, -0.25) is 4.79 Å². The molecule has 0 saturated heterocycles. The molecule has 0 amide bonds. The molecule has 18 heavy (non-hydrogen) atoms. The van der Waals surface area contributed by atoms with Crippen LogP contribution in [0.25, 0.3) is 0 Å². The van der Waals surface area contributed by atoms with Gasteiger partial charge in [0.05, 0.1) is 0 Å². The zero-order valence-corrected chi connectivity index (χ0v) is 12.3. The quantitative estimate of drug-likeness (QED) is 0.761. The van der Waals surface area contributed by atoms with Gasteiger partial charge in [0.25, 0.3) is 0 Å². The first-order valence-electron chi connectivity index (χ1n) is 6.81. The summed E-state index contributed by atoms with van der Waals surface area (Å²) in [4.78, 5) is 18.3. The van der Waals surface area contributed by atoms with Crippen LogP contribution in [-0.2, 0) is 0 Å². The Labute approximate surface area is 113 Å². The lowest BCUT2D eigenvalue weighted by atomic mass is 10.1. The molecule has 0 unspecified atom stereocenters. The summed E-state index contributed by atoms with van der Waals surface area (Å²) in [6, 6.07) is 0.623. The number of anilines is 1. The first kappa shape index (κ1) is 13.5. The van der Waals surface area contributed by atoms with Crippen LogP contribution in [0.2, 0.25) is 0 Å².